The summed E-state index contributed by atoms with van der Waals surface area (Å²) in [5.41, 5.74) is 1.06. The van der Waals surface area contributed by atoms with Gasteiger partial charge in [-0.05, 0) is 71.4 Å². The van der Waals surface area contributed by atoms with Crippen LogP contribution in [-0.2, 0) is 11.4 Å². The summed E-state index contributed by atoms with van der Waals surface area (Å²) in [6, 6.07) is 9.49. The number of rotatable bonds is 5. The van der Waals surface area contributed by atoms with E-state index >= 15 is 0 Å². The number of amides is 2. The zero-order valence-corrected chi connectivity index (χ0v) is 18.2. The van der Waals surface area contributed by atoms with Crippen molar-refractivity contribution in [2.75, 3.05) is 0 Å². The Hall–Kier alpha value is -1.83. The van der Waals surface area contributed by atoms with E-state index in [1.807, 2.05) is 0 Å². The molecule has 0 spiro atoms. The number of hydrogen-bond acceptors (Lipinski definition) is 4. The first-order valence-electron chi connectivity index (χ1n) is 8.40. The molecule has 1 saturated heterocycles. The predicted octanol–water partition coefficient (Wildman–Crippen LogP) is 6.27. The Morgan fingerprint density at radius 2 is 2.00 bits per heavy atom. The minimum atomic E-state index is -0.354. The summed E-state index contributed by atoms with van der Waals surface area (Å²) >= 11 is 10.6. The highest BCUT2D eigenvalue weighted by Gasteiger charge is 2.36. The molecule has 1 aliphatic heterocycles. The van der Waals surface area contributed by atoms with Gasteiger partial charge in [0.25, 0.3) is 11.1 Å². The highest BCUT2D eigenvalue weighted by atomic mass is 79.9. The van der Waals surface area contributed by atoms with Crippen LogP contribution in [0.15, 0.2) is 45.8 Å². The molecule has 2 aromatic rings. The zero-order chi connectivity index (χ0) is 20.4. The van der Waals surface area contributed by atoms with Crippen LogP contribution < -0.4 is 4.74 Å². The fourth-order valence-corrected chi connectivity index (χ4v) is 4.59. The minimum Gasteiger partial charge on any atom is -0.486 e. The van der Waals surface area contributed by atoms with Crippen molar-refractivity contribution in [2.24, 2.45) is 0 Å². The van der Waals surface area contributed by atoms with E-state index < -0.39 is 0 Å². The van der Waals surface area contributed by atoms with Crippen LogP contribution in [0.1, 0.15) is 25.0 Å². The molecule has 0 aliphatic carbocycles. The third-order valence-electron chi connectivity index (χ3n) is 3.99. The van der Waals surface area contributed by atoms with Crippen LogP contribution in [0.4, 0.5) is 9.18 Å². The summed E-state index contributed by atoms with van der Waals surface area (Å²) in [5.74, 6) is -0.304. The Kier molecular flexibility index (Phi) is 6.47. The lowest BCUT2D eigenvalue weighted by Crippen LogP contribution is -2.34. The highest BCUT2D eigenvalue weighted by Crippen LogP contribution is 2.38. The number of nitrogens with zero attached hydrogens (tertiary/aromatic N) is 1. The van der Waals surface area contributed by atoms with Gasteiger partial charge >= 0.3 is 0 Å². The van der Waals surface area contributed by atoms with Gasteiger partial charge in [-0.3, -0.25) is 14.5 Å². The van der Waals surface area contributed by atoms with Gasteiger partial charge in [0, 0.05) is 11.6 Å². The minimum absolute atomic E-state index is 0.0254. The van der Waals surface area contributed by atoms with Crippen LogP contribution in [-0.4, -0.2) is 22.1 Å². The second-order valence-corrected chi connectivity index (χ2v) is 8.59. The Morgan fingerprint density at radius 3 is 2.61 bits per heavy atom. The maximum Gasteiger partial charge on any atom is 0.293 e. The van der Waals surface area contributed by atoms with E-state index in [4.69, 9.17) is 16.3 Å². The molecule has 4 nitrogen and oxygen atoms in total. The van der Waals surface area contributed by atoms with Crippen molar-refractivity contribution >= 4 is 56.5 Å². The summed E-state index contributed by atoms with van der Waals surface area (Å²) in [4.78, 5) is 26.0. The smallest absolute Gasteiger partial charge is 0.293 e. The molecule has 0 saturated carbocycles. The van der Waals surface area contributed by atoms with E-state index in [0.717, 1.165) is 11.8 Å². The molecule has 8 heteroatoms. The van der Waals surface area contributed by atoms with Gasteiger partial charge in [0.1, 0.15) is 12.4 Å². The number of benzene rings is 2. The normalized spacial score (nSPS) is 15.8. The summed E-state index contributed by atoms with van der Waals surface area (Å²) in [5, 5.41) is 0.0151. The molecule has 146 valence electrons. The Bertz CT molecular complexity index is 957. The van der Waals surface area contributed by atoms with Gasteiger partial charge in [-0.1, -0.05) is 29.8 Å². The molecule has 1 aliphatic rings. The lowest BCUT2D eigenvalue weighted by molar-refractivity contribution is -0.123. The SMILES string of the molecule is CC(C)N1C(=O)S/C(=C/c2cc(Cl)c(OCc3ccccc3F)c(Br)c2)C1=O. The van der Waals surface area contributed by atoms with Crippen molar-refractivity contribution in [3.63, 3.8) is 0 Å². The second-order valence-electron chi connectivity index (χ2n) is 6.34. The maximum atomic E-state index is 13.7. The van der Waals surface area contributed by atoms with Crippen LogP contribution in [0.5, 0.6) is 5.75 Å². The lowest BCUT2D eigenvalue weighted by atomic mass is 10.2. The fraction of sp³-hybridized carbons (Fsp3) is 0.200. The van der Waals surface area contributed by atoms with Crippen LogP contribution in [0, 0.1) is 5.82 Å². The average molecular weight is 485 g/mol. The molecule has 0 aromatic heterocycles. The fourth-order valence-electron chi connectivity index (χ4n) is 2.64. The van der Waals surface area contributed by atoms with Gasteiger partial charge < -0.3 is 4.74 Å². The number of carbonyl (C=O) groups excluding carboxylic acids is 2. The zero-order valence-electron chi connectivity index (χ0n) is 15.0. The Labute approximate surface area is 179 Å². The van der Waals surface area contributed by atoms with Crippen LogP contribution in [0.2, 0.25) is 5.02 Å². The number of ether oxygens (including phenoxy) is 1. The van der Waals surface area contributed by atoms with E-state index in [-0.39, 0.29) is 29.6 Å². The topological polar surface area (TPSA) is 46.6 Å². The molecule has 2 aromatic carbocycles. The number of hydrogen-bond donors (Lipinski definition) is 0. The largest absolute Gasteiger partial charge is 0.486 e. The van der Waals surface area contributed by atoms with Crippen molar-refractivity contribution in [3.05, 3.63) is 67.7 Å². The van der Waals surface area contributed by atoms with Crippen LogP contribution in [0.3, 0.4) is 0 Å². The van der Waals surface area contributed by atoms with Gasteiger partial charge in [-0.2, -0.15) is 0 Å². The van der Waals surface area contributed by atoms with Crippen molar-refractivity contribution in [1.29, 1.82) is 0 Å². The first-order chi connectivity index (χ1) is 13.3. The molecule has 28 heavy (non-hydrogen) atoms. The third kappa shape index (κ3) is 4.42. The molecule has 3 rings (SSSR count). The van der Waals surface area contributed by atoms with Gasteiger partial charge in [-0.25, -0.2) is 4.39 Å². The second kappa shape index (κ2) is 8.68. The molecule has 0 N–H and O–H groups in total. The molecule has 0 atom stereocenters. The first kappa shape index (κ1) is 20.9. The first-order valence-corrected chi connectivity index (χ1v) is 10.4. The van der Waals surface area contributed by atoms with Crippen molar-refractivity contribution in [3.8, 4) is 5.75 Å². The average Bonchev–Trinajstić information content (AvgIpc) is 2.89. The van der Waals surface area contributed by atoms with Gasteiger partial charge in [0.15, 0.2) is 5.75 Å². The quantitative estimate of drug-likeness (QED) is 0.470. The third-order valence-corrected chi connectivity index (χ3v) is 5.74. The standard InChI is InChI=1S/C20H16BrClFNO3S/c1-11(2)24-19(25)17(28-20(24)26)9-12-7-14(21)18(15(22)8-12)27-10-13-5-3-4-6-16(13)23/h3-9,11H,10H2,1-2H3/b17-9+. The molecule has 0 unspecified atom stereocenters. The number of carbonyl (C=O) groups is 2. The number of halogens is 3. The van der Waals surface area contributed by atoms with Crippen LogP contribution in [0.25, 0.3) is 6.08 Å². The molecule has 0 bridgehead atoms. The van der Waals surface area contributed by atoms with Gasteiger partial charge in [0.05, 0.1) is 14.4 Å². The number of imide groups is 1. The van der Waals surface area contributed by atoms with E-state index in [1.165, 1.54) is 11.0 Å². The lowest BCUT2D eigenvalue weighted by Gasteiger charge is -2.16. The van der Waals surface area contributed by atoms with Crippen LogP contribution >= 0.6 is 39.3 Å². The summed E-state index contributed by atoms with van der Waals surface area (Å²) < 4.78 is 20.0. The van der Waals surface area contributed by atoms with E-state index in [2.05, 4.69) is 15.9 Å². The predicted molar refractivity (Wildman–Crippen MR) is 113 cm³/mol. The Morgan fingerprint density at radius 1 is 1.29 bits per heavy atom. The van der Waals surface area contributed by atoms with Gasteiger partial charge in [-0.15, -0.1) is 0 Å². The van der Waals surface area contributed by atoms with E-state index in [0.29, 0.717) is 31.3 Å². The van der Waals surface area contributed by atoms with Crippen molar-refractivity contribution in [1.82, 2.24) is 4.90 Å². The molecule has 1 heterocycles. The molecule has 0 radical (unpaired) electrons. The van der Waals surface area contributed by atoms with Crippen molar-refractivity contribution in [2.45, 2.75) is 26.5 Å². The highest BCUT2D eigenvalue weighted by molar-refractivity contribution is 9.10. The monoisotopic (exact) mass is 483 g/mol. The maximum absolute atomic E-state index is 13.7. The van der Waals surface area contributed by atoms with E-state index in [9.17, 15) is 14.0 Å². The Balaban J connectivity index is 1.82. The summed E-state index contributed by atoms with van der Waals surface area (Å²) in [7, 11) is 0. The summed E-state index contributed by atoms with van der Waals surface area (Å²) in [6.07, 6.45) is 1.62. The summed E-state index contributed by atoms with van der Waals surface area (Å²) in [6.45, 7) is 3.60. The number of thioether (sulfide) groups is 1. The van der Waals surface area contributed by atoms with E-state index in [1.54, 1.807) is 50.3 Å². The molecule has 1 fully saturated rings. The molecular formula is C20H16BrClFNO3S. The molecule has 2 amide bonds. The molecular weight excluding hydrogens is 469 g/mol. The van der Waals surface area contributed by atoms with Crippen molar-refractivity contribution < 1.29 is 18.7 Å². The van der Waals surface area contributed by atoms with Gasteiger partial charge in [0.2, 0.25) is 0 Å².